The maximum absolute atomic E-state index is 5.78. The van der Waals surface area contributed by atoms with E-state index in [1.807, 2.05) is 56.3 Å². The summed E-state index contributed by atoms with van der Waals surface area (Å²) in [6.07, 6.45) is 0.153. The van der Waals surface area contributed by atoms with Crippen molar-refractivity contribution in [1.82, 2.24) is 9.97 Å². The number of nitrogens with two attached hydrogens (primary N) is 1. The van der Waals surface area contributed by atoms with Crippen LogP contribution in [0.25, 0.3) is 22.4 Å². The molecule has 3 rings (SSSR count). The summed E-state index contributed by atoms with van der Waals surface area (Å²) in [4.78, 5) is 7.86. The van der Waals surface area contributed by atoms with Gasteiger partial charge in [-0.05, 0) is 44.2 Å². The Morgan fingerprint density at radius 2 is 2.00 bits per heavy atom. The van der Waals surface area contributed by atoms with Crippen molar-refractivity contribution in [2.24, 2.45) is 0 Å². The molecule has 3 aromatic rings. The van der Waals surface area contributed by atoms with Crippen LogP contribution in [0.2, 0.25) is 0 Å². The van der Waals surface area contributed by atoms with Crippen molar-refractivity contribution in [3.8, 4) is 17.1 Å². The van der Waals surface area contributed by atoms with Crippen LogP contribution in [0.4, 0.5) is 5.69 Å². The summed E-state index contributed by atoms with van der Waals surface area (Å²) < 4.78 is 5.71. The van der Waals surface area contributed by atoms with Crippen molar-refractivity contribution in [2.75, 3.05) is 5.73 Å². The van der Waals surface area contributed by atoms with Crippen molar-refractivity contribution in [1.29, 1.82) is 0 Å². The highest BCUT2D eigenvalue weighted by molar-refractivity contribution is 5.82. The number of benzene rings is 2. The van der Waals surface area contributed by atoms with E-state index < -0.39 is 0 Å². The van der Waals surface area contributed by atoms with E-state index >= 15 is 0 Å². The summed E-state index contributed by atoms with van der Waals surface area (Å²) in [6.45, 7) is 4.02. The van der Waals surface area contributed by atoms with Gasteiger partial charge < -0.3 is 15.5 Å². The quantitative estimate of drug-likeness (QED) is 0.713. The third-order valence-electron chi connectivity index (χ3n) is 2.99. The SMILES string of the molecule is CC(C)Oc1cccc(-c2nc3ccc(N)cc3[nH]2)c1. The molecule has 4 heteroatoms. The van der Waals surface area contributed by atoms with Gasteiger partial charge in [-0.25, -0.2) is 4.98 Å². The van der Waals surface area contributed by atoms with Gasteiger partial charge in [0, 0.05) is 11.3 Å². The van der Waals surface area contributed by atoms with E-state index in [4.69, 9.17) is 10.5 Å². The fourth-order valence-corrected chi connectivity index (χ4v) is 2.15. The number of hydrogen-bond donors (Lipinski definition) is 2. The molecule has 102 valence electrons. The fraction of sp³-hybridized carbons (Fsp3) is 0.188. The van der Waals surface area contributed by atoms with E-state index in [2.05, 4.69) is 9.97 Å². The lowest BCUT2D eigenvalue weighted by Gasteiger charge is -2.10. The van der Waals surface area contributed by atoms with E-state index in [1.165, 1.54) is 0 Å². The summed E-state index contributed by atoms with van der Waals surface area (Å²) in [5.41, 5.74) is 9.35. The molecule has 0 saturated heterocycles. The maximum atomic E-state index is 5.78. The van der Waals surface area contributed by atoms with Crippen LogP contribution >= 0.6 is 0 Å². The molecule has 0 fully saturated rings. The minimum absolute atomic E-state index is 0.153. The molecule has 0 unspecified atom stereocenters. The summed E-state index contributed by atoms with van der Waals surface area (Å²) in [7, 11) is 0. The number of imidazole rings is 1. The number of hydrogen-bond acceptors (Lipinski definition) is 3. The van der Waals surface area contributed by atoms with E-state index in [9.17, 15) is 0 Å². The predicted octanol–water partition coefficient (Wildman–Crippen LogP) is 3.60. The minimum atomic E-state index is 0.153. The second-order valence-electron chi connectivity index (χ2n) is 5.06. The molecule has 1 heterocycles. The van der Waals surface area contributed by atoms with Gasteiger partial charge in [0.05, 0.1) is 17.1 Å². The standard InChI is InChI=1S/C16H17N3O/c1-10(2)20-13-5-3-4-11(8-13)16-18-14-7-6-12(17)9-15(14)19-16/h3-10H,17H2,1-2H3,(H,18,19). The predicted molar refractivity (Wildman–Crippen MR) is 81.7 cm³/mol. The highest BCUT2D eigenvalue weighted by Gasteiger charge is 2.07. The Bertz CT molecular complexity index is 746. The Morgan fingerprint density at radius 1 is 1.15 bits per heavy atom. The summed E-state index contributed by atoms with van der Waals surface area (Å²) in [6, 6.07) is 13.6. The second kappa shape index (κ2) is 4.89. The first-order chi connectivity index (χ1) is 9.61. The van der Waals surface area contributed by atoms with Crippen molar-refractivity contribution in [2.45, 2.75) is 20.0 Å². The van der Waals surface area contributed by atoms with Crippen LogP contribution in [0.3, 0.4) is 0 Å². The monoisotopic (exact) mass is 267 g/mol. The van der Waals surface area contributed by atoms with E-state index in [-0.39, 0.29) is 6.10 Å². The first-order valence-electron chi connectivity index (χ1n) is 6.64. The summed E-state index contributed by atoms with van der Waals surface area (Å²) in [5.74, 6) is 1.66. The van der Waals surface area contributed by atoms with E-state index in [1.54, 1.807) is 0 Å². The van der Waals surface area contributed by atoms with Crippen molar-refractivity contribution >= 4 is 16.7 Å². The van der Waals surface area contributed by atoms with E-state index in [0.29, 0.717) is 0 Å². The van der Waals surface area contributed by atoms with Gasteiger partial charge in [0.1, 0.15) is 11.6 Å². The molecule has 3 N–H and O–H groups in total. The number of aromatic nitrogens is 2. The average Bonchev–Trinajstić information content (AvgIpc) is 2.81. The lowest BCUT2D eigenvalue weighted by Crippen LogP contribution is -2.05. The number of nitrogens with zero attached hydrogens (tertiary/aromatic N) is 1. The molecule has 0 aliphatic heterocycles. The van der Waals surface area contributed by atoms with Crippen LogP contribution in [0, 0.1) is 0 Å². The van der Waals surface area contributed by atoms with Gasteiger partial charge in [0.2, 0.25) is 0 Å². The Hall–Kier alpha value is -2.49. The Morgan fingerprint density at radius 3 is 2.80 bits per heavy atom. The summed E-state index contributed by atoms with van der Waals surface area (Å²) >= 11 is 0. The van der Waals surface area contributed by atoms with Crippen molar-refractivity contribution in [3.05, 3.63) is 42.5 Å². The number of H-pyrrole nitrogens is 1. The van der Waals surface area contributed by atoms with Gasteiger partial charge in [-0.1, -0.05) is 12.1 Å². The number of rotatable bonds is 3. The normalized spacial score (nSPS) is 11.2. The van der Waals surface area contributed by atoms with Gasteiger partial charge in [-0.15, -0.1) is 0 Å². The lowest BCUT2D eigenvalue weighted by molar-refractivity contribution is 0.242. The second-order valence-corrected chi connectivity index (χ2v) is 5.06. The molecule has 4 nitrogen and oxygen atoms in total. The summed E-state index contributed by atoms with van der Waals surface area (Å²) in [5, 5.41) is 0. The Balaban J connectivity index is 2.01. The van der Waals surface area contributed by atoms with Crippen LogP contribution in [-0.2, 0) is 0 Å². The molecule has 1 aromatic heterocycles. The highest BCUT2D eigenvalue weighted by Crippen LogP contribution is 2.25. The number of aromatic amines is 1. The molecule has 0 saturated carbocycles. The zero-order valence-corrected chi connectivity index (χ0v) is 11.6. The lowest BCUT2D eigenvalue weighted by atomic mass is 10.2. The van der Waals surface area contributed by atoms with Crippen LogP contribution < -0.4 is 10.5 Å². The zero-order valence-electron chi connectivity index (χ0n) is 11.6. The van der Waals surface area contributed by atoms with Crippen LogP contribution in [0.15, 0.2) is 42.5 Å². The Kier molecular flexibility index (Phi) is 3.06. The maximum Gasteiger partial charge on any atom is 0.138 e. The number of ether oxygens (including phenoxy) is 1. The number of nitrogen functional groups attached to an aromatic ring is 1. The molecular weight excluding hydrogens is 250 g/mol. The molecule has 0 amide bonds. The van der Waals surface area contributed by atoms with Crippen LogP contribution in [0.1, 0.15) is 13.8 Å². The van der Waals surface area contributed by atoms with Gasteiger partial charge >= 0.3 is 0 Å². The molecule has 2 aromatic carbocycles. The van der Waals surface area contributed by atoms with Gasteiger partial charge in [0.15, 0.2) is 0 Å². The fourth-order valence-electron chi connectivity index (χ4n) is 2.15. The van der Waals surface area contributed by atoms with E-state index in [0.717, 1.165) is 33.9 Å². The van der Waals surface area contributed by atoms with Gasteiger partial charge in [-0.2, -0.15) is 0 Å². The largest absolute Gasteiger partial charge is 0.491 e. The number of nitrogens with one attached hydrogen (secondary N) is 1. The molecule has 20 heavy (non-hydrogen) atoms. The third kappa shape index (κ3) is 2.45. The molecule has 0 aliphatic carbocycles. The molecule has 0 aliphatic rings. The number of anilines is 1. The third-order valence-corrected chi connectivity index (χ3v) is 2.99. The first kappa shape index (κ1) is 12.5. The van der Waals surface area contributed by atoms with Gasteiger partial charge in [-0.3, -0.25) is 0 Å². The van der Waals surface area contributed by atoms with Crippen LogP contribution in [-0.4, -0.2) is 16.1 Å². The van der Waals surface area contributed by atoms with Gasteiger partial charge in [0.25, 0.3) is 0 Å². The Labute approximate surface area is 117 Å². The first-order valence-corrected chi connectivity index (χ1v) is 6.64. The molecule has 0 atom stereocenters. The van der Waals surface area contributed by atoms with Crippen molar-refractivity contribution in [3.63, 3.8) is 0 Å². The molecular formula is C16H17N3O. The molecule has 0 spiro atoms. The molecule has 0 radical (unpaired) electrons. The highest BCUT2D eigenvalue weighted by atomic mass is 16.5. The van der Waals surface area contributed by atoms with Crippen molar-refractivity contribution < 1.29 is 4.74 Å². The van der Waals surface area contributed by atoms with Crippen LogP contribution in [0.5, 0.6) is 5.75 Å². The smallest absolute Gasteiger partial charge is 0.138 e. The minimum Gasteiger partial charge on any atom is -0.491 e. The average molecular weight is 267 g/mol. The zero-order chi connectivity index (χ0) is 14.1. The molecule has 0 bridgehead atoms. The topological polar surface area (TPSA) is 63.9 Å². The number of fused-ring (bicyclic) bond motifs is 1.